The smallest absolute Gasteiger partial charge is 0.316 e. The van der Waals surface area contributed by atoms with Gasteiger partial charge in [-0.1, -0.05) is 46.3 Å². The molecule has 4 aromatic rings. The van der Waals surface area contributed by atoms with Gasteiger partial charge in [0.2, 0.25) is 5.82 Å². The number of anilines is 1. The van der Waals surface area contributed by atoms with Crippen molar-refractivity contribution in [3.63, 3.8) is 0 Å². The van der Waals surface area contributed by atoms with Crippen LogP contribution >= 0.6 is 0 Å². The van der Waals surface area contributed by atoms with Gasteiger partial charge in [-0.2, -0.15) is 4.98 Å². The SMILES string of the molecule is Cc1ccc(Cn2cc(-c3noc(C(=O)Nc4ccc(C)cc4F)n3)nn2)cc1. The highest BCUT2D eigenvalue weighted by molar-refractivity contribution is 6.01. The molecule has 0 bridgehead atoms. The van der Waals surface area contributed by atoms with Crippen LogP contribution in [-0.2, 0) is 6.54 Å². The van der Waals surface area contributed by atoms with Gasteiger partial charge in [0, 0.05) is 0 Å². The maximum Gasteiger partial charge on any atom is 0.316 e. The minimum absolute atomic E-state index is 0.0318. The Morgan fingerprint density at radius 2 is 1.90 bits per heavy atom. The Balaban J connectivity index is 1.46. The van der Waals surface area contributed by atoms with E-state index >= 15 is 0 Å². The standard InChI is InChI=1S/C20H17FN6O2/c1-12-3-6-14(7-4-12)10-27-11-17(24-26-27)18-23-20(29-25-18)19(28)22-16-8-5-13(2)9-15(16)21/h3-9,11H,10H2,1-2H3,(H,22,28). The fourth-order valence-corrected chi connectivity index (χ4v) is 2.68. The number of carbonyl (C=O) groups is 1. The van der Waals surface area contributed by atoms with Crippen molar-refractivity contribution in [2.45, 2.75) is 20.4 Å². The summed E-state index contributed by atoms with van der Waals surface area (Å²) in [4.78, 5) is 16.3. The highest BCUT2D eigenvalue weighted by Gasteiger charge is 2.19. The second-order valence-electron chi connectivity index (χ2n) is 6.65. The van der Waals surface area contributed by atoms with Crippen molar-refractivity contribution in [3.05, 3.63) is 77.1 Å². The Labute approximate surface area is 165 Å². The van der Waals surface area contributed by atoms with Gasteiger partial charge < -0.3 is 9.84 Å². The molecule has 1 amide bonds. The summed E-state index contributed by atoms with van der Waals surface area (Å²) in [6, 6.07) is 12.5. The molecule has 1 N–H and O–H groups in total. The first-order chi connectivity index (χ1) is 14.0. The van der Waals surface area contributed by atoms with Gasteiger partial charge >= 0.3 is 11.8 Å². The molecule has 9 heteroatoms. The van der Waals surface area contributed by atoms with Crippen LogP contribution in [0.25, 0.3) is 11.5 Å². The highest BCUT2D eigenvalue weighted by atomic mass is 19.1. The molecule has 8 nitrogen and oxygen atoms in total. The molecule has 2 aromatic heterocycles. The van der Waals surface area contributed by atoms with Crippen LogP contribution in [0.1, 0.15) is 27.4 Å². The van der Waals surface area contributed by atoms with E-state index in [4.69, 9.17) is 4.52 Å². The van der Waals surface area contributed by atoms with E-state index in [1.165, 1.54) is 17.7 Å². The number of aryl methyl sites for hydroxylation is 2. The van der Waals surface area contributed by atoms with Gasteiger partial charge in [-0.15, -0.1) is 5.10 Å². The second kappa shape index (κ2) is 7.63. The summed E-state index contributed by atoms with van der Waals surface area (Å²) >= 11 is 0. The summed E-state index contributed by atoms with van der Waals surface area (Å²) in [6.45, 7) is 4.31. The lowest BCUT2D eigenvalue weighted by Gasteiger charge is -2.04. The monoisotopic (exact) mass is 392 g/mol. The van der Waals surface area contributed by atoms with Gasteiger partial charge in [-0.25, -0.2) is 9.07 Å². The predicted molar refractivity (Wildman–Crippen MR) is 103 cm³/mol. The number of nitrogens with zero attached hydrogens (tertiary/aromatic N) is 5. The molecule has 29 heavy (non-hydrogen) atoms. The summed E-state index contributed by atoms with van der Waals surface area (Å²) in [5.41, 5.74) is 3.39. The van der Waals surface area contributed by atoms with Crippen LogP contribution in [0.4, 0.5) is 10.1 Å². The molecule has 2 heterocycles. The molecular weight excluding hydrogens is 375 g/mol. The van der Waals surface area contributed by atoms with E-state index in [9.17, 15) is 9.18 Å². The van der Waals surface area contributed by atoms with E-state index in [2.05, 4.69) is 25.8 Å². The lowest BCUT2D eigenvalue weighted by Crippen LogP contribution is -2.13. The number of benzene rings is 2. The highest BCUT2D eigenvalue weighted by Crippen LogP contribution is 2.17. The molecular formula is C20H17FN6O2. The van der Waals surface area contributed by atoms with Gasteiger partial charge in [-0.3, -0.25) is 4.79 Å². The molecule has 0 aliphatic heterocycles. The lowest BCUT2D eigenvalue weighted by atomic mass is 10.1. The van der Waals surface area contributed by atoms with Crippen molar-refractivity contribution in [2.75, 3.05) is 5.32 Å². The van der Waals surface area contributed by atoms with Crippen LogP contribution < -0.4 is 5.32 Å². The van der Waals surface area contributed by atoms with Crippen LogP contribution in [0, 0.1) is 19.7 Å². The number of nitrogens with one attached hydrogen (secondary N) is 1. The number of halogens is 1. The topological polar surface area (TPSA) is 98.7 Å². The van der Waals surface area contributed by atoms with E-state index in [0.717, 1.165) is 11.1 Å². The van der Waals surface area contributed by atoms with Crippen LogP contribution in [-0.4, -0.2) is 31.0 Å². The van der Waals surface area contributed by atoms with E-state index < -0.39 is 11.7 Å². The maximum atomic E-state index is 13.9. The largest absolute Gasteiger partial charge is 0.328 e. The summed E-state index contributed by atoms with van der Waals surface area (Å²) in [6.07, 6.45) is 1.66. The normalized spacial score (nSPS) is 10.9. The first-order valence-corrected chi connectivity index (χ1v) is 8.85. The fraction of sp³-hybridized carbons (Fsp3) is 0.150. The second-order valence-corrected chi connectivity index (χ2v) is 6.65. The number of carbonyl (C=O) groups excluding carboxylic acids is 1. The third kappa shape index (κ3) is 4.18. The predicted octanol–water partition coefficient (Wildman–Crippen LogP) is 3.38. The third-order valence-electron chi connectivity index (χ3n) is 4.23. The fourth-order valence-electron chi connectivity index (χ4n) is 2.68. The van der Waals surface area contributed by atoms with Crippen LogP contribution in [0.15, 0.2) is 53.2 Å². The minimum atomic E-state index is -0.710. The molecule has 0 aliphatic carbocycles. The quantitative estimate of drug-likeness (QED) is 0.559. The van der Waals surface area contributed by atoms with E-state index in [-0.39, 0.29) is 17.4 Å². The van der Waals surface area contributed by atoms with Gasteiger partial charge in [0.05, 0.1) is 18.4 Å². The molecule has 0 aliphatic rings. The van der Waals surface area contributed by atoms with Gasteiger partial charge in [0.25, 0.3) is 0 Å². The van der Waals surface area contributed by atoms with Crippen molar-refractivity contribution in [1.29, 1.82) is 0 Å². The molecule has 0 saturated heterocycles. The van der Waals surface area contributed by atoms with Crippen molar-refractivity contribution >= 4 is 11.6 Å². The number of rotatable bonds is 5. The first-order valence-electron chi connectivity index (χ1n) is 8.85. The van der Waals surface area contributed by atoms with E-state index in [0.29, 0.717) is 12.2 Å². The summed E-state index contributed by atoms with van der Waals surface area (Å²) in [7, 11) is 0. The van der Waals surface area contributed by atoms with Crippen molar-refractivity contribution in [3.8, 4) is 11.5 Å². The Morgan fingerprint density at radius 3 is 2.66 bits per heavy atom. The van der Waals surface area contributed by atoms with Crippen molar-refractivity contribution in [1.82, 2.24) is 25.1 Å². The average Bonchev–Trinajstić information content (AvgIpc) is 3.35. The molecule has 0 atom stereocenters. The van der Waals surface area contributed by atoms with Crippen LogP contribution in [0.5, 0.6) is 0 Å². The van der Waals surface area contributed by atoms with Crippen molar-refractivity contribution in [2.24, 2.45) is 0 Å². The zero-order chi connectivity index (χ0) is 20.4. The number of hydrogen-bond donors (Lipinski definition) is 1. The Hall–Kier alpha value is -3.88. The molecule has 2 aromatic carbocycles. The Kier molecular flexibility index (Phi) is 4.86. The van der Waals surface area contributed by atoms with Crippen LogP contribution in [0.2, 0.25) is 0 Å². The zero-order valence-electron chi connectivity index (χ0n) is 15.8. The molecule has 0 radical (unpaired) electrons. The van der Waals surface area contributed by atoms with E-state index in [1.54, 1.807) is 23.9 Å². The first kappa shape index (κ1) is 18.5. The summed E-state index contributed by atoms with van der Waals surface area (Å²) < 4.78 is 20.5. The molecule has 0 spiro atoms. The van der Waals surface area contributed by atoms with Crippen LogP contribution in [0.3, 0.4) is 0 Å². The van der Waals surface area contributed by atoms with Gasteiger partial charge in [-0.05, 0) is 37.1 Å². The van der Waals surface area contributed by atoms with Crippen molar-refractivity contribution < 1.29 is 13.7 Å². The Morgan fingerprint density at radius 1 is 1.14 bits per heavy atom. The number of aromatic nitrogens is 5. The summed E-state index contributed by atoms with van der Waals surface area (Å²) in [5, 5.41) is 14.2. The molecule has 0 saturated carbocycles. The molecule has 4 rings (SSSR count). The third-order valence-corrected chi connectivity index (χ3v) is 4.23. The number of amides is 1. The zero-order valence-corrected chi connectivity index (χ0v) is 15.8. The van der Waals surface area contributed by atoms with E-state index in [1.807, 2.05) is 31.2 Å². The lowest BCUT2D eigenvalue weighted by molar-refractivity contribution is 0.0981. The molecule has 146 valence electrons. The molecule has 0 fully saturated rings. The number of hydrogen-bond acceptors (Lipinski definition) is 6. The molecule has 0 unspecified atom stereocenters. The summed E-state index contributed by atoms with van der Waals surface area (Å²) in [5.74, 6) is -1.43. The average molecular weight is 392 g/mol. The minimum Gasteiger partial charge on any atom is -0.328 e. The van der Waals surface area contributed by atoms with Gasteiger partial charge in [0.1, 0.15) is 5.82 Å². The Bertz CT molecular complexity index is 1170. The maximum absolute atomic E-state index is 13.9. The van der Waals surface area contributed by atoms with Gasteiger partial charge in [0.15, 0.2) is 5.69 Å².